The SMILES string of the molecule is CN(C)S(=O)(=O)c1ccc(OCCNC(=O)c2cccc(S(=O)(=O)N3CCOCC3)c2)cc1. The van der Waals surface area contributed by atoms with E-state index in [0.717, 1.165) is 4.31 Å². The van der Waals surface area contributed by atoms with Crippen molar-refractivity contribution in [2.75, 3.05) is 53.6 Å². The molecular formula is C21H27N3O7S2. The number of nitrogens with zero attached hydrogens (tertiary/aromatic N) is 2. The zero-order valence-electron chi connectivity index (χ0n) is 18.4. The van der Waals surface area contributed by atoms with E-state index in [-0.39, 0.29) is 41.6 Å². The Hall–Kier alpha value is -2.51. The first-order chi connectivity index (χ1) is 15.6. The molecule has 2 aromatic carbocycles. The maximum Gasteiger partial charge on any atom is 0.251 e. The second-order valence-corrected chi connectivity index (χ2v) is 11.5. The molecule has 12 heteroatoms. The highest BCUT2D eigenvalue weighted by Gasteiger charge is 2.26. The minimum absolute atomic E-state index is 0.0565. The van der Waals surface area contributed by atoms with E-state index in [1.807, 2.05) is 0 Å². The van der Waals surface area contributed by atoms with Crippen molar-refractivity contribution >= 4 is 26.0 Å². The highest BCUT2D eigenvalue weighted by atomic mass is 32.2. The van der Waals surface area contributed by atoms with Gasteiger partial charge in [-0.3, -0.25) is 4.79 Å². The van der Waals surface area contributed by atoms with Crippen molar-refractivity contribution in [2.24, 2.45) is 0 Å². The smallest absolute Gasteiger partial charge is 0.251 e. The van der Waals surface area contributed by atoms with Gasteiger partial charge in [0, 0.05) is 32.7 Å². The second-order valence-electron chi connectivity index (χ2n) is 7.41. The van der Waals surface area contributed by atoms with Gasteiger partial charge in [-0.05, 0) is 42.5 Å². The van der Waals surface area contributed by atoms with Gasteiger partial charge in [0.25, 0.3) is 5.91 Å². The van der Waals surface area contributed by atoms with Gasteiger partial charge in [-0.15, -0.1) is 0 Å². The quantitative estimate of drug-likeness (QED) is 0.508. The van der Waals surface area contributed by atoms with Crippen molar-refractivity contribution in [1.82, 2.24) is 13.9 Å². The average molecular weight is 498 g/mol. The zero-order valence-corrected chi connectivity index (χ0v) is 20.1. The largest absolute Gasteiger partial charge is 0.492 e. The summed E-state index contributed by atoms with van der Waals surface area (Å²) in [5, 5.41) is 2.68. The van der Waals surface area contributed by atoms with Crippen LogP contribution in [0.5, 0.6) is 5.75 Å². The van der Waals surface area contributed by atoms with Crippen molar-refractivity contribution in [2.45, 2.75) is 9.79 Å². The van der Waals surface area contributed by atoms with Crippen molar-refractivity contribution in [3.05, 3.63) is 54.1 Å². The van der Waals surface area contributed by atoms with E-state index in [1.54, 1.807) is 6.07 Å². The Labute approximate surface area is 194 Å². The Balaban J connectivity index is 1.54. The molecule has 1 aliphatic rings. The van der Waals surface area contributed by atoms with Crippen molar-refractivity contribution in [3.63, 3.8) is 0 Å². The highest BCUT2D eigenvalue weighted by molar-refractivity contribution is 7.89. The van der Waals surface area contributed by atoms with Crippen LogP contribution in [0.4, 0.5) is 0 Å². The maximum absolute atomic E-state index is 12.8. The number of nitrogens with one attached hydrogen (secondary N) is 1. The molecule has 1 N–H and O–H groups in total. The summed E-state index contributed by atoms with van der Waals surface area (Å²) in [6, 6.07) is 11.9. The number of morpholine rings is 1. The number of rotatable bonds is 9. The van der Waals surface area contributed by atoms with Crippen LogP contribution in [0.1, 0.15) is 10.4 Å². The monoisotopic (exact) mass is 497 g/mol. The third-order valence-electron chi connectivity index (χ3n) is 4.96. The molecule has 0 spiro atoms. The lowest BCUT2D eigenvalue weighted by Crippen LogP contribution is -2.40. The van der Waals surface area contributed by atoms with Crippen LogP contribution in [0.3, 0.4) is 0 Å². The maximum atomic E-state index is 12.8. The number of amides is 1. The topological polar surface area (TPSA) is 122 Å². The summed E-state index contributed by atoms with van der Waals surface area (Å²) in [6.45, 7) is 1.56. The third-order valence-corrected chi connectivity index (χ3v) is 8.69. The van der Waals surface area contributed by atoms with E-state index in [4.69, 9.17) is 9.47 Å². The van der Waals surface area contributed by atoms with E-state index in [1.165, 1.54) is 60.9 Å². The Morgan fingerprint density at radius 2 is 1.70 bits per heavy atom. The normalized spacial score (nSPS) is 15.4. The Bertz CT molecular complexity index is 1170. The van der Waals surface area contributed by atoms with Gasteiger partial charge in [-0.2, -0.15) is 4.31 Å². The van der Waals surface area contributed by atoms with Crippen molar-refractivity contribution in [1.29, 1.82) is 0 Å². The first-order valence-electron chi connectivity index (χ1n) is 10.2. The molecule has 1 fully saturated rings. The predicted octanol–water partition coefficient (Wildman–Crippen LogP) is 0.767. The third kappa shape index (κ3) is 6.09. The second kappa shape index (κ2) is 10.6. The van der Waals surface area contributed by atoms with Gasteiger partial charge in [-0.25, -0.2) is 21.1 Å². The molecule has 0 aromatic heterocycles. The molecule has 0 saturated carbocycles. The summed E-state index contributed by atoms with van der Waals surface area (Å²) in [4.78, 5) is 12.7. The zero-order chi connectivity index (χ0) is 24.1. The van der Waals surface area contributed by atoms with Gasteiger partial charge in [0.15, 0.2) is 0 Å². The molecule has 1 heterocycles. The Morgan fingerprint density at radius 3 is 2.33 bits per heavy atom. The number of hydrogen-bond acceptors (Lipinski definition) is 7. The van der Waals surface area contributed by atoms with Crippen LogP contribution in [-0.4, -0.2) is 84.9 Å². The molecule has 3 rings (SSSR count). The van der Waals surface area contributed by atoms with E-state index < -0.39 is 26.0 Å². The summed E-state index contributed by atoms with van der Waals surface area (Å²) < 4.78 is 62.9. The number of sulfonamides is 2. The number of carbonyl (C=O) groups excluding carboxylic acids is 1. The van der Waals surface area contributed by atoms with E-state index in [2.05, 4.69) is 5.32 Å². The van der Waals surface area contributed by atoms with Crippen molar-refractivity contribution < 1.29 is 31.1 Å². The predicted molar refractivity (Wildman–Crippen MR) is 121 cm³/mol. The van der Waals surface area contributed by atoms with Crippen LogP contribution in [0, 0.1) is 0 Å². The van der Waals surface area contributed by atoms with Crippen molar-refractivity contribution in [3.8, 4) is 5.75 Å². The van der Waals surface area contributed by atoms with Gasteiger partial charge in [-0.1, -0.05) is 6.07 Å². The number of hydrogen-bond donors (Lipinski definition) is 1. The minimum Gasteiger partial charge on any atom is -0.492 e. The molecule has 2 aromatic rings. The molecule has 0 aliphatic carbocycles. The summed E-state index contributed by atoms with van der Waals surface area (Å²) in [5.74, 6) is 0.0330. The lowest BCUT2D eigenvalue weighted by Gasteiger charge is -2.26. The molecule has 33 heavy (non-hydrogen) atoms. The molecule has 1 amide bonds. The van der Waals surface area contributed by atoms with Crippen LogP contribution in [-0.2, 0) is 24.8 Å². The lowest BCUT2D eigenvalue weighted by molar-refractivity contribution is 0.0730. The minimum atomic E-state index is -3.70. The van der Waals surface area contributed by atoms with Crippen LogP contribution in [0.2, 0.25) is 0 Å². The summed E-state index contributed by atoms with van der Waals surface area (Å²) in [7, 11) is -4.30. The fourth-order valence-corrected chi connectivity index (χ4v) is 5.44. The molecule has 0 unspecified atom stereocenters. The molecule has 0 atom stereocenters. The summed E-state index contributed by atoms with van der Waals surface area (Å²) in [6.07, 6.45) is 0. The molecular weight excluding hydrogens is 470 g/mol. The molecule has 1 aliphatic heterocycles. The fraction of sp³-hybridized carbons (Fsp3) is 0.381. The first-order valence-corrected chi connectivity index (χ1v) is 13.1. The molecule has 0 radical (unpaired) electrons. The molecule has 10 nitrogen and oxygen atoms in total. The first kappa shape index (κ1) is 25.1. The van der Waals surface area contributed by atoms with Crippen LogP contribution in [0.15, 0.2) is 58.3 Å². The number of ether oxygens (including phenoxy) is 2. The van der Waals surface area contributed by atoms with E-state index in [9.17, 15) is 21.6 Å². The van der Waals surface area contributed by atoms with Gasteiger partial charge in [0.2, 0.25) is 20.0 Å². The standard InChI is InChI=1S/C21H27N3O7S2/c1-23(2)32(26,27)19-8-6-18(7-9-19)31-13-10-22-21(25)17-4-3-5-20(16-17)33(28,29)24-11-14-30-15-12-24/h3-9,16H,10-15H2,1-2H3,(H,22,25). The summed E-state index contributed by atoms with van der Waals surface area (Å²) >= 11 is 0. The van der Waals surface area contributed by atoms with Crippen LogP contribution < -0.4 is 10.1 Å². The van der Waals surface area contributed by atoms with Gasteiger partial charge >= 0.3 is 0 Å². The molecule has 1 saturated heterocycles. The number of benzene rings is 2. The Morgan fingerprint density at radius 1 is 1.03 bits per heavy atom. The highest BCUT2D eigenvalue weighted by Crippen LogP contribution is 2.19. The van der Waals surface area contributed by atoms with Crippen LogP contribution >= 0.6 is 0 Å². The van der Waals surface area contributed by atoms with Gasteiger partial charge < -0.3 is 14.8 Å². The number of carbonyl (C=O) groups is 1. The Kier molecular flexibility index (Phi) is 8.08. The van der Waals surface area contributed by atoms with Crippen LogP contribution in [0.25, 0.3) is 0 Å². The molecule has 0 bridgehead atoms. The van der Waals surface area contributed by atoms with E-state index >= 15 is 0 Å². The molecule has 180 valence electrons. The fourth-order valence-electron chi connectivity index (χ4n) is 3.09. The lowest BCUT2D eigenvalue weighted by atomic mass is 10.2. The van der Waals surface area contributed by atoms with Gasteiger partial charge in [0.1, 0.15) is 12.4 Å². The van der Waals surface area contributed by atoms with Gasteiger partial charge in [0.05, 0.1) is 29.5 Å². The van der Waals surface area contributed by atoms with E-state index in [0.29, 0.717) is 19.0 Å². The summed E-state index contributed by atoms with van der Waals surface area (Å²) in [5.41, 5.74) is 0.225. The average Bonchev–Trinajstić information content (AvgIpc) is 2.82.